The Morgan fingerprint density at radius 2 is 2.06 bits per heavy atom. The molecule has 0 saturated heterocycles. The van der Waals surface area contributed by atoms with Gasteiger partial charge in [0.1, 0.15) is 5.69 Å². The normalized spacial score (nSPS) is 10.4. The van der Waals surface area contributed by atoms with Crippen molar-refractivity contribution in [3.8, 4) is 0 Å². The van der Waals surface area contributed by atoms with Gasteiger partial charge in [-0.1, -0.05) is 24.3 Å². The Balaban J connectivity index is 2.56. The number of amides is 1. The summed E-state index contributed by atoms with van der Waals surface area (Å²) in [5, 5.41) is 2.98. The zero-order valence-electron chi connectivity index (χ0n) is 9.18. The van der Waals surface area contributed by atoms with E-state index in [4.69, 9.17) is 4.84 Å². The molecule has 82 valence electrons. The van der Waals surface area contributed by atoms with E-state index in [1.165, 1.54) is 7.11 Å². The minimum Gasteiger partial charge on any atom is -0.274 e. The minimum atomic E-state index is -0.251. The second kappa shape index (κ2) is 4.28. The van der Waals surface area contributed by atoms with Crippen LogP contribution in [0.15, 0.2) is 36.5 Å². The molecule has 0 spiro atoms. The van der Waals surface area contributed by atoms with E-state index in [9.17, 15) is 4.79 Å². The van der Waals surface area contributed by atoms with Gasteiger partial charge in [-0.15, -0.1) is 0 Å². The Labute approximate surface area is 93.4 Å². The average molecular weight is 216 g/mol. The maximum atomic E-state index is 11.9. The van der Waals surface area contributed by atoms with Crippen LogP contribution in [0.1, 0.15) is 10.5 Å². The largest absolute Gasteiger partial charge is 0.296 e. The lowest BCUT2D eigenvalue weighted by molar-refractivity contribution is -0.0759. The molecular weight excluding hydrogens is 204 g/mol. The number of pyridine rings is 1. The molecule has 4 heteroatoms. The number of aromatic nitrogens is 1. The third kappa shape index (κ3) is 1.75. The fraction of sp³-hybridized carbons (Fsp3) is 0.167. The van der Waals surface area contributed by atoms with Crippen molar-refractivity contribution >= 4 is 16.7 Å². The summed E-state index contributed by atoms with van der Waals surface area (Å²) in [5.41, 5.74) is 0.405. The molecule has 0 aliphatic heterocycles. The summed E-state index contributed by atoms with van der Waals surface area (Å²) in [6, 6.07) is 9.50. The van der Waals surface area contributed by atoms with Gasteiger partial charge >= 0.3 is 0 Å². The van der Waals surface area contributed by atoms with Crippen molar-refractivity contribution in [2.45, 2.75) is 0 Å². The van der Waals surface area contributed by atoms with Crippen LogP contribution in [0.25, 0.3) is 10.8 Å². The SMILES string of the molecule is CON(C)C(=O)c1nccc2ccccc12. The number of benzene rings is 1. The van der Waals surface area contributed by atoms with Gasteiger partial charge in [0.25, 0.3) is 5.91 Å². The summed E-state index contributed by atoms with van der Waals surface area (Å²) in [6.07, 6.45) is 1.62. The van der Waals surface area contributed by atoms with Crippen LogP contribution in [0.2, 0.25) is 0 Å². The first-order valence-corrected chi connectivity index (χ1v) is 4.90. The molecule has 0 aliphatic carbocycles. The van der Waals surface area contributed by atoms with E-state index in [2.05, 4.69) is 4.98 Å². The molecule has 0 N–H and O–H groups in total. The van der Waals surface area contributed by atoms with Crippen molar-refractivity contribution in [3.63, 3.8) is 0 Å². The Bertz CT molecular complexity index is 520. The van der Waals surface area contributed by atoms with E-state index in [-0.39, 0.29) is 5.91 Å². The van der Waals surface area contributed by atoms with Crippen molar-refractivity contribution in [2.24, 2.45) is 0 Å². The fourth-order valence-electron chi connectivity index (χ4n) is 1.52. The highest BCUT2D eigenvalue weighted by Crippen LogP contribution is 2.17. The highest BCUT2D eigenvalue weighted by atomic mass is 16.7. The van der Waals surface area contributed by atoms with Crippen LogP contribution in [-0.2, 0) is 4.84 Å². The molecule has 16 heavy (non-hydrogen) atoms. The summed E-state index contributed by atoms with van der Waals surface area (Å²) < 4.78 is 0. The number of hydroxylamine groups is 2. The first-order chi connectivity index (χ1) is 7.74. The van der Waals surface area contributed by atoms with Crippen molar-refractivity contribution < 1.29 is 9.63 Å². The van der Waals surface area contributed by atoms with Crippen LogP contribution in [0.5, 0.6) is 0 Å². The summed E-state index contributed by atoms with van der Waals surface area (Å²) >= 11 is 0. The monoisotopic (exact) mass is 216 g/mol. The first-order valence-electron chi connectivity index (χ1n) is 4.90. The fourth-order valence-corrected chi connectivity index (χ4v) is 1.52. The van der Waals surface area contributed by atoms with Gasteiger partial charge in [-0.05, 0) is 11.5 Å². The summed E-state index contributed by atoms with van der Waals surface area (Å²) in [6.45, 7) is 0. The van der Waals surface area contributed by atoms with Crippen molar-refractivity contribution in [1.82, 2.24) is 10.0 Å². The van der Waals surface area contributed by atoms with Gasteiger partial charge in [0.05, 0.1) is 7.11 Å². The minimum absolute atomic E-state index is 0.251. The maximum Gasteiger partial charge on any atom is 0.296 e. The van der Waals surface area contributed by atoms with Crippen LogP contribution in [-0.4, -0.2) is 30.1 Å². The number of carbonyl (C=O) groups excluding carboxylic acids is 1. The lowest BCUT2D eigenvalue weighted by Crippen LogP contribution is -2.26. The molecular formula is C12H12N2O2. The van der Waals surface area contributed by atoms with Crippen LogP contribution >= 0.6 is 0 Å². The molecule has 1 aromatic carbocycles. The third-order valence-electron chi connectivity index (χ3n) is 2.44. The number of hydrogen-bond acceptors (Lipinski definition) is 3. The van der Waals surface area contributed by atoms with Gasteiger partial charge in [0.15, 0.2) is 0 Å². The molecule has 2 aromatic rings. The van der Waals surface area contributed by atoms with E-state index >= 15 is 0 Å². The van der Waals surface area contributed by atoms with E-state index in [1.54, 1.807) is 13.2 Å². The zero-order chi connectivity index (χ0) is 11.5. The van der Waals surface area contributed by atoms with Crippen molar-refractivity contribution in [3.05, 3.63) is 42.2 Å². The molecule has 0 aliphatic rings. The predicted molar refractivity (Wildman–Crippen MR) is 60.8 cm³/mol. The maximum absolute atomic E-state index is 11.9. The zero-order valence-corrected chi connectivity index (χ0v) is 9.18. The van der Waals surface area contributed by atoms with E-state index in [0.29, 0.717) is 5.69 Å². The summed E-state index contributed by atoms with van der Waals surface area (Å²) in [5.74, 6) is -0.251. The van der Waals surface area contributed by atoms with Gasteiger partial charge in [-0.3, -0.25) is 14.6 Å². The van der Waals surface area contributed by atoms with Crippen LogP contribution in [0, 0.1) is 0 Å². The Morgan fingerprint density at radius 3 is 2.81 bits per heavy atom. The summed E-state index contributed by atoms with van der Waals surface area (Å²) in [7, 11) is 3.01. The van der Waals surface area contributed by atoms with Gasteiger partial charge in [-0.2, -0.15) is 0 Å². The highest BCUT2D eigenvalue weighted by molar-refractivity contribution is 6.04. The van der Waals surface area contributed by atoms with E-state index < -0.39 is 0 Å². The number of nitrogens with zero attached hydrogens (tertiary/aromatic N) is 2. The standard InChI is InChI=1S/C12H12N2O2/c1-14(16-2)12(15)11-10-6-4-3-5-9(10)7-8-13-11/h3-8H,1-2H3. The van der Waals surface area contributed by atoms with Gasteiger partial charge in [0, 0.05) is 18.6 Å². The first kappa shape index (κ1) is 10.6. The Morgan fingerprint density at radius 1 is 1.31 bits per heavy atom. The smallest absolute Gasteiger partial charge is 0.274 e. The average Bonchev–Trinajstić information content (AvgIpc) is 2.36. The van der Waals surface area contributed by atoms with E-state index in [1.807, 2.05) is 30.3 Å². The number of hydrogen-bond donors (Lipinski definition) is 0. The molecule has 4 nitrogen and oxygen atoms in total. The lowest BCUT2D eigenvalue weighted by atomic mass is 10.1. The number of fused-ring (bicyclic) bond motifs is 1. The molecule has 0 bridgehead atoms. The third-order valence-corrected chi connectivity index (χ3v) is 2.44. The second-order valence-electron chi connectivity index (χ2n) is 3.37. The van der Waals surface area contributed by atoms with Gasteiger partial charge in [0.2, 0.25) is 0 Å². The highest BCUT2D eigenvalue weighted by Gasteiger charge is 2.15. The molecule has 1 aromatic heterocycles. The van der Waals surface area contributed by atoms with Crippen LogP contribution < -0.4 is 0 Å². The number of rotatable bonds is 2. The van der Waals surface area contributed by atoms with Crippen molar-refractivity contribution in [1.29, 1.82) is 0 Å². The van der Waals surface area contributed by atoms with Gasteiger partial charge in [-0.25, -0.2) is 5.06 Å². The predicted octanol–water partition coefficient (Wildman–Crippen LogP) is 1.87. The van der Waals surface area contributed by atoms with Crippen LogP contribution in [0.3, 0.4) is 0 Å². The Kier molecular flexibility index (Phi) is 2.83. The van der Waals surface area contributed by atoms with Gasteiger partial charge < -0.3 is 0 Å². The molecule has 1 amide bonds. The second-order valence-corrected chi connectivity index (χ2v) is 3.37. The van der Waals surface area contributed by atoms with Crippen LogP contribution in [0.4, 0.5) is 0 Å². The quantitative estimate of drug-likeness (QED) is 0.720. The molecule has 1 heterocycles. The molecule has 0 saturated carbocycles. The molecule has 0 unspecified atom stereocenters. The topological polar surface area (TPSA) is 42.4 Å². The lowest BCUT2D eigenvalue weighted by Gasteiger charge is -2.13. The molecule has 0 fully saturated rings. The van der Waals surface area contributed by atoms with Crippen molar-refractivity contribution in [2.75, 3.05) is 14.2 Å². The van der Waals surface area contributed by atoms with E-state index in [0.717, 1.165) is 15.8 Å². The molecule has 0 atom stereocenters. The number of carbonyl (C=O) groups is 1. The summed E-state index contributed by atoms with van der Waals surface area (Å²) in [4.78, 5) is 20.9. The molecule has 2 rings (SSSR count). The molecule has 0 radical (unpaired) electrons. The Hall–Kier alpha value is -1.94.